The second kappa shape index (κ2) is 20.7. The molecule has 0 radical (unpaired) electrons. The van der Waals surface area contributed by atoms with Gasteiger partial charge in [0, 0.05) is 0 Å². The van der Waals surface area contributed by atoms with Crippen LogP contribution in [0.4, 0.5) is 0 Å². The molecule has 0 aliphatic rings. The summed E-state index contributed by atoms with van der Waals surface area (Å²) in [6.07, 6.45) is 15.0. The van der Waals surface area contributed by atoms with Crippen LogP contribution in [0.15, 0.2) is 0 Å². The number of hydrogen-bond donors (Lipinski definition) is 0. The van der Waals surface area contributed by atoms with Gasteiger partial charge in [-0.1, -0.05) is 153 Å². The Bertz CT molecular complexity index is 401. The third kappa shape index (κ3) is 16.5. The highest BCUT2D eigenvalue weighted by Gasteiger charge is 2.24. The SMILES string of the molecule is CC(C)P(CCCCCCCCCCP(CP(C(C)C)C(C)C)C(C)C)CP(C(C)C)C(C)C. The summed E-state index contributed by atoms with van der Waals surface area (Å²) in [5.41, 5.74) is 5.47. The van der Waals surface area contributed by atoms with Gasteiger partial charge < -0.3 is 0 Å². The maximum absolute atomic E-state index is 2.50. The summed E-state index contributed by atoms with van der Waals surface area (Å²) in [5, 5.41) is 0. The molecule has 4 heteroatoms. The van der Waals surface area contributed by atoms with Crippen LogP contribution in [-0.2, 0) is 0 Å². The molecule has 0 aromatic carbocycles. The molecule has 0 bridgehead atoms. The lowest BCUT2D eigenvalue weighted by Crippen LogP contribution is -2.10. The zero-order chi connectivity index (χ0) is 26.3. The van der Waals surface area contributed by atoms with Crippen LogP contribution in [0.5, 0.6) is 0 Å². The topological polar surface area (TPSA) is 0 Å². The molecule has 0 spiro atoms. The lowest BCUT2D eigenvalue weighted by atomic mass is 10.1. The average Bonchev–Trinajstić information content (AvgIpc) is 2.71. The lowest BCUT2D eigenvalue weighted by Gasteiger charge is -2.32. The van der Waals surface area contributed by atoms with Crippen molar-refractivity contribution in [2.75, 3.05) is 24.1 Å². The molecule has 0 aliphatic heterocycles. The number of rotatable bonds is 21. The summed E-state index contributed by atoms with van der Waals surface area (Å²) in [6.45, 7) is 29.8. The third-order valence-corrected chi connectivity index (χ3v) is 23.0. The Balaban J connectivity index is 4.05. The van der Waals surface area contributed by atoms with Crippen LogP contribution in [0.2, 0.25) is 0 Å². The Labute approximate surface area is 223 Å². The molecule has 0 amide bonds. The van der Waals surface area contributed by atoms with Crippen LogP contribution in [-0.4, -0.2) is 58.1 Å². The molecule has 2 atom stereocenters. The molecule has 0 heterocycles. The van der Waals surface area contributed by atoms with Gasteiger partial charge in [0.25, 0.3) is 0 Å². The van der Waals surface area contributed by atoms with E-state index in [4.69, 9.17) is 0 Å². The first-order valence-electron chi connectivity index (χ1n) is 14.9. The molecule has 0 aliphatic carbocycles. The molecule has 0 saturated carbocycles. The third-order valence-electron chi connectivity index (χ3n) is 7.44. The van der Waals surface area contributed by atoms with E-state index in [9.17, 15) is 0 Å². The van der Waals surface area contributed by atoms with E-state index in [0.29, 0.717) is 0 Å². The van der Waals surface area contributed by atoms with Crippen molar-refractivity contribution in [3.8, 4) is 0 Å². The molecule has 0 fully saturated rings. The molecule has 206 valence electrons. The van der Waals surface area contributed by atoms with E-state index in [1.807, 2.05) is 0 Å². The van der Waals surface area contributed by atoms with E-state index in [0.717, 1.165) is 34.0 Å². The highest BCUT2D eigenvalue weighted by Crippen LogP contribution is 2.59. The molecule has 0 saturated heterocycles. The summed E-state index contributed by atoms with van der Waals surface area (Å²) in [7, 11) is 0.944. The fraction of sp³-hybridized carbons (Fsp3) is 1.00. The van der Waals surface area contributed by atoms with Crippen molar-refractivity contribution >= 4 is 31.7 Å². The van der Waals surface area contributed by atoms with Crippen molar-refractivity contribution < 1.29 is 0 Å². The van der Waals surface area contributed by atoms with Gasteiger partial charge in [0.2, 0.25) is 0 Å². The van der Waals surface area contributed by atoms with Gasteiger partial charge in [-0.15, -0.1) is 0 Å². The predicted molar refractivity (Wildman–Crippen MR) is 175 cm³/mol. The van der Waals surface area contributed by atoms with Crippen molar-refractivity contribution in [1.82, 2.24) is 0 Å². The van der Waals surface area contributed by atoms with Crippen LogP contribution in [0, 0.1) is 0 Å². The van der Waals surface area contributed by atoms with Crippen LogP contribution in [0.3, 0.4) is 0 Å². The Morgan fingerprint density at radius 2 is 0.559 bits per heavy atom. The first kappa shape index (κ1) is 35.7. The van der Waals surface area contributed by atoms with Gasteiger partial charge >= 0.3 is 0 Å². The smallest absolute Gasteiger partial charge is 0.0114 e. The minimum atomic E-state index is 0.223. The predicted octanol–water partition coefficient (Wildman–Crippen LogP) is 12.4. The molecule has 0 aromatic rings. The molecule has 0 N–H and O–H groups in total. The number of unbranched alkanes of at least 4 members (excludes halogenated alkanes) is 7. The van der Waals surface area contributed by atoms with Gasteiger partial charge in [0.15, 0.2) is 0 Å². The zero-order valence-electron chi connectivity index (χ0n) is 25.7. The molecule has 0 nitrogen and oxygen atoms in total. The first-order chi connectivity index (χ1) is 15.9. The van der Waals surface area contributed by atoms with Crippen molar-refractivity contribution in [1.29, 1.82) is 0 Å². The van der Waals surface area contributed by atoms with E-state index in [1.165, 1.54) is 51.4 Å². The minimum Gasteiger partial charge on any atom is -0.0997 e. The molecular formula is C30H66P4. The monoisotopic (exact) mass is 550 g/mol. The summed E-state index contributed by atoms with van der Waals surface area (Å²) < 4.78 is 0. The minimum absolute atomic E-state index is 0.223. The maximum Gasteiger partial charge on any atom is -0.0114 e. The summed E-state index contributed by atoms with van der Waals surface area (Å²) in [4.78, 5) is 0. The Morgan fingerprint density at radius 3 is 0.765 bits per heavy atom. The van der Waals surface area contributed by atoms with Crippen molar-refractivity contribution in [3.63, 3.8) is 0 Å². The highest BCUT2D eigenvalue weighted by molar-refractivity contribution is 7.76. The van der Waals surface area contributed by atoms with E-state index >= 15 is 0 Å². The molecule has 34 heavy (non-hydrogen) atoms. The van der Waals surface area contributed by atoms with Crippen molar-refractivity contribution in [2.24, 2.45) is 0 Å². The van der Waals surface area contributed by atoms with Crippen LogP contribution in [0.1, 0.15) is 134 Å². The summed E-state index contributed by atoms with van der Waals surface area (Å²) in [6, 6.07) is 0. The quantitative estimate of drug-likeness (QED) is 0.0985. The van der Waals surface area contributed by atoms with Crippen molar-refractivity contribution in [3.05, 3.63) is 0 Å². The molecular weight excluding hydrogens is 484 g/mol. The van der Waals surface area contributed by atoms with E-state index in [1.54, 1.807) is 24.1 Å². The van der Waals surface area contributed by atoms with Gasteiger partial charge in [0.1, 0.15) is 0 Å². The number of hydrogen-bond acceptors (Lipinski definition) is 0. The van der Waals surface area contributed by atoms with Gasteiger partial charge in [-0.2, -0.15) is 0 Å². The second-order valence-electron chi connectivity index (χ2n) is 12.3. The van der Waals surface area contributed by atoms with E-state index < -0.39 is 0 Å². The zero-order valence-corrected chi connectivity index (χ0v) is 29.3. The summed E-state index contributed by atoms with van der Waals surface area (Å²) in [5.74, 6) is 3.15. The van der Waals surface area contributed by atoms with E-state index in [2.05, 4.69) is 83.1 Å². The Hall–Kier alpha value is 1.72. The average molecular weight is 551 g/mol. The molecule has 2 unspecified atom stereocenters. The van der Waals surface area contributed by atoms with Crippen molar-refractivity contribution in [2.45, 2.75) is 168 Å². The van der Waals surface area contributed by atoms with Gasteiger partial charge in [-0.05, 0) is 70.9 Å². The standard InChI is InChI=1S/C30H66P4/c1-25(2)31(23-33(27(5)6)28(7)8)21-19-17-15-13-14-16-18-20-22-32(26(3)4)24-34(29(9)10)30(11)12/h25-30H,13-24H2,1-12H3. The first-order valence-corrected chi connectivity index (χ1v) is 21.8. The summed E-state index contributed by atoms with van der Waals surface area (Å²) >= 11 is 0. The maximum atomic E-state index is 2.50. The van der Waals surface area contributed by atoms with E-state index in [-0.39, 0.29) is 31.7 Å². The van der Waals surface area contributed by atoms with Gasteiger partial charge in [-0.3, -0.25) is 0 Å². The van der Waals surface area contributed by atoms with Crippen LogP contribution < -0.4 is 0 Å². The second-order valence-corrected chi connectivity index (χ2v) is 26.1. The van der Waals surface area contributed by atoms with Crippen LogP contribution >= 0.6 is 31.7 Å². The Morgan fingerprint density at radius 1 is 0.324 bits per heavy atom. The van der Waals surface area contributed by atoms with Crippen LogP contribution in [0.25, 0.3) is 0 Å². The fourth-order valence-electron chi connectivity index (χ4n) is 4.94. The normalized spacial score (nSPS) is 14.8. The largest absolute Gasteiger partial charge is 0.0997 e. The lowest BCUT2D eigenvalue weighted by molar-refractivity contribution is 0.586. The Kier molecular flexibility index (Phi) is 21.7. The fourth-order valence-corrected chi connectivity index (χ4v) is 21.9. The highest BCUT2D eigenvalue weighted by atomic mass is 31.2. The van der Waals surface area contributed by atoms with Gasteiger partial charge in [0.05, 0.1) is 0 Å². The molecule has 0 aromatic heterocycles. The molecule has 0 rings (SSSR count). The van der Waals surface area contributed by atoms with Gasteiger partial charge in [-0.25, -0.2) is 0 Å².